The molecule has 0 aromatic heterocycles. The molecule has 0 bridgehead atoms. The van der Waals surface area contributed by atoms with Crippen LogP contribution in [0.5, 0.6) is 0 Å². The third-order valence-electron chi connectivity index (χ3n) is 1.90. The van der Waals surface area contributed by atoms with Gasteiger partial charge in [-0.15, -0.1) is 6.58 Å². The van der Waals surface area contributed by atoms with Gasteiger partial charge in [-0.3, -0.25) is 0 Å². The average molecular weight is 166 g/mol. The number of allylic oxidation sites excluding steroid dienone is 3. The summed E-state index contributed by atoms with van der Waals surface area (Å²) in [5.41, 5.74) is 0. The summed E-state index contributed by atoms with van der Waals surface area (Å²) < 4.78 is 0. The smallest absolute Gasteiger partial charge is 0.0199 e. The van der Waals surface area contributed by atoms with E-state index in [1.165, 1.54) is 12.8 Å². The summed E-state index contributed by atoms with van der Waals surface area (Å²) in [4.78, 5) is 0. The molecule has 0 aliphatic heterocycles. The third-order valence-corrected chi connectivity index (χ3v) is 1.90. The highest BCUT2D eigenvalue weighted by Crippen LogP contribution is 2.14. The fourth-order valence-corrected chi connectivity index (χ4v) is 1.26. The van der Waals surface area contributed by atoms with Gasteiger partial charge in [0.25, 0.3) is 0 Å². The largest absolute Gasteiger partial charge is 0.103 e. The molecule has 0 saturated heterocycles. The maximum absolute atomic E-state index is 3.78. The lowest BCUT2D eigenvalue weighted by Crippen LogP contribution is -1.94. The van der Waals surface area contributed by atoms with E-state index in [2.05, 4.69) is 39.5 Å². The monoisotopic (exact) mass is 166 g/mol. The fourth-order valence-electron chi connectivity index (χ4n) is 1.26. The molecule has 0 N–H and O–H groups in total. The number of hydrogen-bond donors (Lipinski definition) is 0. The van der Waals surface area contributed by atoms with Crippen LogP contribution in [0.3, 0.4) is 0 Å². The zero-order valence-corrected chi connectivity index (χ0v) is 8.72. The predicted octanol–water partition coefficient (Wildman–Crippen LogP) is 4.19. The predicted molar refractivity (Wildman–Crippen MR) is 57.2 cm³/mol. The summed E-state index contributed by atoms with van der Waals surface area (Å²) in [5.74, 6) is 1.39. The molecule has 0 aromatic rings. The fraction of sp³-hybridized carbons (Fsp3) is 0.667. The summed E-state index contributed by atoms with van der Waals surface area (Å²) in [6.45, 7) is 10.4. The van der Waals surface area contributed by atoms with Crippen LogP contribution in [-0.2, 0) is 0 Å². The van der Waals surface area contributed by atoms with Gasteiger partial charge in [-0.1, -0.05) is 45.4 Å². The van der Waals surface area contributed by atoms with Crippen LogP contribution in [0.15, 0.2) is 24.8 Å². The zero-order chi connectivity index (χ0) is 9.40. The Kier molecular flexibility index (Phi) is 6.84. The van der Waals surface area contributed by atoms with Crippen LogP contribution < -0.4 is 0 Å². The maximum Gasteiger partial charge on any atom is -0.0199 e. The summed E-state index contributed by atoms with van der Waals surface area (Å²) in [6.07, 6.45) is 10.3. The van der Waals surface area contributed by atoms with Gasteiger partial charge in [0, 0.05) is 0 Å². The van der Waals surface area contributed by atoms with Gasteiger partial charge in [0.15, 0.2) is 0 Å². The molecule has 0 fully saturated rings. The molecule has 0 nitrogen and oxygen atoms in total. The van der Waals surface area contributed by atoms with Crippen molar-refractivity contribution in [2.75, 3.05) is 0 Å². The Labute approximate surface area is 77.4 Å². The van der Waals surface area contributed by atoms with Crippen LogP contribution in [0, 0.1) is 11.8 Å². The minimum absolute atomic E-state index is 0.675. The first kappa shape index (κ1) is 11.5. The molecule has 0 spiro atoms. The number of hydrogen-bond acceptors (Lipinski definition) is 0. The van der Waals surface area contributed by atoms with Crippen molar-refractivity contribution in [1.29, 1.82) is 0 Å². The van der Waals surface area contributed by atoms with E-state index in [0.717, 1.165) is 12.3 Å². The highest BCUT2D eigenvalue weighted by atomic mass is 14.1. The van der Waals surface area contributed by atoms with Gasteiger partial charge in [-0.05, 0) is 24.7 Å². The van der Waals surface area contributed by atoms with Crippen molar-refractivity contribution in [3.8, 4) is 0 Å². The molecular formula is C12H22. The lowest BCUT2D eigenvalue weighted by Gasteiger charge is -2.08. The summed E-state index contributed by atoms with van der Waals surface area (Å²) in [5, 5.41) is 0. The van der Waals surface area contributed by atoms with Crippen LogP contribution in [0.25, 0.3) is 0 Å². The second-order valence-electron chi connectivity index (χ2n) is 3.70. The minimum Gasteiger partial charge on any atom is -0.103 e. The summed E-state index contributed by atoms with van der Waals surface area (Å²) >= 11 is 0. The molecule has 0 saturated carbocycles. The van der Waals surface area contributed by atoms with Gasteiger partial charge in [-0.2, -0.15) is 0 Å². The van der Waals surface area contributed by atoms with Crippen LogP contribution >= 0.6 is 0 Å². The third kappa shape index (κ3) is 6.21. The van der Waals surface area contributed by atoms with Gasteiger partial charge in [0.2, 0.25) is 0 Å². The van der Waals surface area contributed by atoms with Crippen molar-refractivity contribution in [2.24, 2.45) is 11.8 Å². The molecule has 1 unspecified atom stereocenters. The summed E-state index contributed by atoms with van der Waals surface area (Å²) in [6, 6.07) is 0. The normalized spacial score (nSPS) is 14.0. The Hall–Kier alpha value is -0.520. The van der Waals surface area contributed by atoms with E-state index in [0.29, 0.717) is 5.92 Å². The molecule has 12 heavy (non-hydrogen) atoms. The molecule has 0 heteroatoms. The van der Waals surface area contributed by atoms with E-state index in [1.807, 2.05) is 6.08 Å². The van der Waals surface area contributed by atoms with E-state index in [9.17, 15) is 0 Å². The molecule has 0 heterocycles. The SMILES string of the molecule is C=CCC(C=CC(C)C)CCC. The molecule has 70 valence electrons. The Bertz CT molecular complexity index is 131. The molecule has 0 radical (unpaired) electrons. The highest BCUT2D eigenvalue weighted by molar-refractivity contribution is 4.92. The van der Waals surface area contributed by atoms with Crippen LogP contribution in [0.2, 0.25) is 0 Å². The van der Waals surface area contributed by atoms with Gasteiger partial charge in [0.05, 0.1) is 0 Å². The van der Waals surface area contributed by atoms with Crippen molar-refractivity contribution < 1.29 is 0 Å². The second-order valence-corrected chi connectivity index (χ2v) is 3.70. The highest BCUT2D eigenvalue weighted by Gasteiger charge is 2.00. The van der Waals surface area contributed by atoms with E-state index in [-0.39, 0.29) is 0 Å². The molecule has 0 rings (SSSR count). The maximum atomic E-state index is 3.78. The molecule has 0 aliphatic rings. The van der Waals surface area contributed by atoms with Crippen molar-refractivity contribution in [1.82, 2.24) is 0 Å². The lowest BCUT2D eigenvalue weighted by molar-refractivity contribution is 0.584. The minimum atomic E-state index is 0.675. The second kappa shape index (κ2) is 7.15. The van der Waals surface area contributed by atoms with Crippen LogP contribution in [-0.4, -0.2) is 0 Å². The van der Waals surface area contributed by atoms with Crippen molar-refractivity contribution in [3.63, 3.8) is 0 Å². The van der Waals surface area contributed by atoms with E-state index < -0.39 is 0 Å². The molecule has 1 atom stereocenters. The van der Waals surface area contributed by atoms with Crippen molar-refractivity contribution in [3.05, 3.63) is 24.8 Å². The number of rotatable bonds is 6. The van der Waals surface area contributed by atoms with Gasteiger partial charge in [-0.25, -0.2) is 0 Å². The first-order chi connectivity index (χ1) is 5.70. The van der Waals surface area contributed by atoms with Crippen LogP contribution in [0.1, 0.15) is 40.0 Å². The molecule has 0 aliphatic carbocycles. The van der Waals surface area contributed by atoms with Crippen molar-refractivity contribution in [2.45, 2.75) is 40.0 Å². The summed E-state index contributed by atoms with van der Waals surface area (Å²) in [7, 11) is 0. The van der Waals surface area contributed by atoms with E-state index in [4.69, 9.17) is 0 Å². The average Bonchev–Trinajstić information content (AvgIpc) is 2.01. The zero-order valence-electron chi connectivity index (χ0n) is 8.72. The standard InChI is InChI=1S/C12H22/c1-5-7-12(8-6-2)10-9-11(3)4/h5,9-12H,1,6-8H2,2-4H3. The quantitative estimate of drug-likeness (QED) is 0.519. The Morgan fingerprint density at radius 1 is 1.25 bits per heavy atom. The van der Waals surface area contributed by atoms with Crippen LogP contribution in [0.4, 0.5) is 0 Å². The van der Waals surface area contributed by atoms with Gasteiger partial charge < -0.3 is 0 Å². The Balaban J connectivity index is 3.84. The topological polar surface area (TPSA) is 0 Å². The first-order valence-corrected chi connectivity index (χ1v) is 4.99. The Morgan fingerprint density at radius 3 is 2.33 bits per heavy atom. The first-order valence-electron chi connectivity index (χ1n) is 4.99. The van der Waals surface area contributed by atoms with Crippen molar-refractivity contribution >= 4 is 0 Å². The van der Waals surface area contributed by atoms with E-state index in [1.54, 1.807) is 0 Å². The van der Waals surface area contributed by atoms with Gasteiger partial charge in [0.1, 0.15) is 0 Å². The Morgan fingerprint density at radius 2 is 1.92 bits per heavy atom. The van der Waals surface area contributed by atoms with Gasteiger partial charge >= 0.3 is 0 Å². The molecular weight excluding hydrogens is 144 g/mol. The molecule has 0 amide bonds. The lowest BCUT2D eigenvalue weighted by atomic mass is 9.98. The van der Waals surface area contributed by atoms with E-state index >= 15 is 0 Å². The molecule has 0 aromatic carbocycles.